The van der Waals surface area contributed by atoms with Gasteiger partial charge in [-0.15, -0.1) is 0 Å². The molecule has 2 aliphatic rings. The number of hydrogen-bond acceptors (Lipinski definition) is 4. The maximum Gasteiger partial charge on any atom is 0.274 e. The third-order valence-electron chi connectivity index (χ3n) is 4.82. The summed E-state index contributed by atoms with van der Waals surface area (Å²) in [5.41, 5.74) is 1.08. The van der Waals surface area contributed by atoms with Gasteiger partial charge >= 0.3 is 0 Å². The molecule has 1 amide bonds. The first kappa shape index (κ1) is 14.5. The fourth-order valence-corrected chi connectivity index (χ4v) is 3.65. The van der Waals surface area contributed by atoms with E-state index in [1.807, 2.05) is 0 Å². The molecule has 2 fully saturated rings. The maximum absolute atomic E-state index is 12.2. The highest BCUT2D eigenvalue weighted by molar-refractivity contribution is 5.93. The van der Waals surface area contributed by atoms with Gasteiger partial charge in [0, 0.05) is 18.6 Å². The predicted octanol–water partition coefficient (Wildman–Crippen LogP) is 1.64. The van der Waals surface area contributed by atoms with E-state index in [4.69, 9.17) is 0 Å². The Labute approximate surface area is 125 Å². The number of carbonyl (C=O) groups excluding carboxylic acids is 1. The van der Waals surface area contributed by atoms with E-state index in [0.717, 1.165) is 19.0 Å². The molecule has 6 heteroatoms. The molecule has 3 rings (SSSR count). The minimum atomic E-state index is -0.100. The molecule has 1 atom stereocenters. The standard InChI is InChI=1S/C15H25N5O/c1-11-14(18-19-17-11)15(21)16-12-6-5-9-20(10-12)13-7-3-2-4-8-13/h12-13H,2-10H2,1H3,(H,16,21)(H,17,18,19)/t12-/m0/s1. The van der Waals surface area contributed by atoms with Gasteiger partial charge in [-0.2, -0.15) is 15.4 Å². The Bertz CT molecular complexity index is 480. The summed E-state index contributed by atoms with van der Waals surface area (Å²) >= 11 is 0. The normalized spacial score (nSPS) is 24.9. The van der Waals surface area contributed by atoms with Gasteiger partial charge in [0.15, 0.2) is 5.69 Å². The van der Waals surface area contributed by atoms with Gasteiger partial charge in [0.25, 0.3) is 5.91 Å². The lowest BCUT2D eigenvalue weighted by molar-refractivity contribution is 0.0831. The van der Waals surface area contributed by atoms with Gasteiger partial charge in [0.1, 0.15) is 0 Å². The summed E-state index contributed by atoms with van der Waals surface area (Å²) in [7, 11) is 0. The molecule has 2 N–H and O–H groups in total. The van der Waals surface area contributed by atoms with Crippen LogP contribution in [0.15, 0.2) is 0 Å². The zero-order valence-electron chi connectivity index (χ0n) is 12.8. The number of likely N-dealkylation sites (tertiary alicyclic amines) is 1. The van der Waals surface area contributed by atoms with Crippen molar-refractivity contribution in [1.82, 2.24) is 25.6 Å². The number of nitrogens with zero attached hydrogens (tertiary/aromatic N) is 3. The number of H-pyrrole nitrogens is 1. The van der Waals surface area contributed by atoms with Crippen LogP contribution in [-0.4, -0.2) is 51.4 Å². The molecule has 0 unspecified atom stereocenters. The molecule has 1 aromatic rings. The van der Waals surface area contributed by atoms with E-state index in [1.165, 1.54) is 45.1 Å². The number of amides is 1. The van der Waals surface area contributed by atoms with Crippen LogP contribution in [0.1, 0.15) is 61.1 Å². The number of carbonyl (C=O) groups is 1. The Morgan fingerprint density at radius 3 is 2.71 bits per heavy atom. The van der Waals surface area contributed by atoms with Gasteiger partial charge in [-0.3, -0.25) is 9.69 Å². The van der Waals surface area contributed by atoms with Gasteiger partial charge in [0.05, 0.1) is 5.69 Å². The molecule has 116 valence electrons. The van der Waals surface area contributed by atoms with E-state index in [0.29, 0.717) is 11.4 Å². The molecule has 6 nitrogen and oxygen atoms in total. The second-order valence-electron chi connectivity index (χ2n) is 6.36. The van der Waals surface area contributed by atoms with Crippen molar-refractivity contribution in [2.75, 3.05) is 13.1 Å². The Morgan fingerprint density at radius 2 is 2.00 bits per heavy atom. The second-order valence-corrected chi connectivity index (χ2v) is 6.36. The minimum Gasteiger partial charge on any atom is -0.347 e. The van der Waals surface area contributed by atoms with Crippen LogP contribution in [0.2, 0.25) is 0 Å². The van der Waals surface area contributed by atoms with Crippen LogP contribution in [0.5, 0.6) is 0 Å². The molecule has 0 spiro atoms. The number of aromatic nitrogens is 3. The molecule has 1 aromatic heterocycles. The molecular weight excluding hydrogens is 266 g/mol. The molecule has 1 aliphatic heterocycles. The molecule has 0 aromatic carbocycles. The zero-order valence-corrected chi connectivity index (χ0v) is 12.8. The van der Waals surface area contributed by atoms with Gasteiger partial charge in [-0.05, 0) is 39.2 Å². The van der Waals surface area contributed by atoms with Crippen molar-refractivity contribution in [2.45, 2.75) is 64.0 Å². The highest BCUT2D eigenvalue weighted by atomic mass is 16.2. The third-order valence-corrected chi connectivity index (χ3v) is 4.82. The van der Waals surface area contributed by atoms with Gasteiger partial charge in [-0.25, -0.2) is 0 Å². The predicted molar refractivity (Wildman–Crippen MR) is 80.1 cm³/mol. The minimum absolute atomic E-state index is 0.100. The van der Waals surface area contributed by atoms with Crippen molar-refractivity contribution in [3.63, 3.8) is 0 Å². The van der Waals surface area contributed by atoms with Crippen LogP contribution < -0.4 is 5.32 Å². The summed E-state index contributed by atoms with van der Waals surface area (Å²) in [6, 6.07) is 0.969. The van der Waals surface area contributed by atoms with Crippen LogP contribution in [0.3, 0.4) is 0 Å². The summed E-state index contributed by atoms with van der Waals surface area (Å²) in [6.07, 6.45) is 8.97. The molecule has 1 saturated heterocycles. The monoisotopic (exact) mass is 291 g/mol. The number of rotatable bonds is 3. The lowest BCUT2D eigenvalue weighted by atomic mass is 9.92. The fourth-order valence-electron chi connectivity index (χ4n) is 3.65. The average molecular weight is 291 g/mol. The number of aryl methyl sites for hydroxylation is 1. The van der Waals surface area contributed by atoms with Crippen molar-refractivity contribution >= 4 is 5.91 Å². The number of aromatic amines is 1. The topological polar surface area (TPSA) is 73.9 Å². The molecule has 1 aliphatic carbocycles. The summed E-state index contributed by atoms with van der Waals surface area (Å²) in [4.78, 5) is 14.8. The van der Waals surface area contributed by atoms with Crippen molar-refractivity contribution in [1.29, 1.82) is 0 Å². The second kappa shape index (κ2) is 6.56. The molecule has 21 heavy (non-hydrogen) atoms. The summed E-state index contributed by atoms with van der Waals surface area (Å²) in [6.45, 7) is 3.96. The SMILES string of the molecule is Cc1n[nH]nc1C(=O)N[C@H]1CCCN(C2CCCCC2)C1. The van der Waals surface area contributed by atoms with E-state index in [9.17, 15) is 4.79 Å². The zero-order chi connectivity index (χ0) is 14.7. The van der Waals surface area contributed by atoms with E-state index in [-0.39, 0.29) is 11.9 Å². The van der Waals surface area contributed by atoms with Crippen molar-refractivity contribution < 1.29 is 4.79 Å². The van der Waals surface area contributed by atoms with Crippen molar-refractivity contribution in [2.24, 2.45) is 0 Å². The Morgan fingerprint density at radius 1 is 1.19 bits per heavy atom. The molecule has 2 heterocycles. The van der Waals surface area contributed by atoms with Crippen LogP contribution >= 0.6 is 0 Å². The van der Waals surface area contributed by atoms with E-state index in [1.54, 1.807) is 6.92 Å². The fraction of sp³-hybridized carbons (Fsp3) is 0.800. The van der Waals surface area contributed by atoms with Gasteiger partial charge < -0.3 is 5.32 Å². The number of nitrogens with one attached hydrogen (secondary N) is 2. The van der Waals surface area contributed by atoms with E-state index >= 15 is 0 Å². The van der Waals surface area contributed by atoms with Gasteiger partial charge in [-0.1, -0.05) is 19.3 Å². The first-order chi connectivity index (χ1) is 10.2. The quantitative estimate of drug-likeness (QED) is 0.888. The average Bonchev–Trinajstić information content (AvgIpc) is 2.95. The number of piperidine rings is 1. The first-order valence-electron chi connectivity index (χ1n) is 8.16. The van der Waals surface area contributed by atoms with Crippen LogP contribution in [0, 0.1) is 6.92 Å². The highest BCUT2D eigenvalue weighted by Crippen LogP contribution is 2.25. The summed E-state index contributed by atoms with van der Waals surface area (Å²) in [5.74, 6) is -0.100. The van der Waals surface area contributed by atoms with Crippen molar-refractivity contribution in [3.05, 3.63) is 11.4 Å². The molecule has 1 saturated carbocycles. The van der Waals surface area contributed by atoms with Crippen LogP contribution in [0.25, 0.3) is 0 Å². The van der Waals surface area contributed by atoms with Crippen LogP contribution in [-0.2, 0) is 0 Å². The number of hydrogen-bond donors (Lipinski definition) is 2. The van der Waals surface area contributed by atoms with E-state index in [2.05, 4.69) is 25.6 Å². The smallest absolute Gasteiger partial charge is 0.274 e. The Hall–Kier alpha value is -1.43. The highest BCUT2D eigenvalue weighted by Gasteiger charge is 2.28. The lowest BCUT2D eigenvalue weighted by Gasteiger charge is -2.40. The Kier molecular flexibility index (Phi) is 4.53. The molecule has 0 bridgehead atoms. The molecular formula is C15H25N5O. The summed E-state index contributed by atoms with van der Waals surface area (Å²) in [5, 5.41) is 13.5. The largest absolute Gasteiger partial charge is 0.347 e. The third kappa shape index (κ3) is 3.43. The lowest BCUT2D eigenvalue weighted by Crippen LogP contribution is -2.51. The van der Waals surface area contributed by atoms with Crippen molar-refractivity contribution in [3.8, 4) is 0 Å². The Balaban J connectivity index is 1.56. The van der Waals surface area contributed by atoms with Crippen LogP contribution in [0.4, 0.5) is 0 Å². The molecule has 0 radical (unpaired) electrons. The maximum atomic E-state index is 12.2. The van der Waals surface area contributed by atoms with E-state index < -0.39 is 0 Å². The van der Waals surface area contributed by atoms with Gasteiger partial charge in [0.2, 0.25) is 0 Å². The first-order valence-corrected chi connectivity index (χ1v) is 8.16. The summed E-state index contributed by atoms with van der Waals surface area (Å²) < 4.78 is 0.